The number of halogens is 2. The van der Waals surface area contributed by atoms with Crippen LogP contribution in [0.1, 0.15) is 30.7 Å². The number of aliphatic carboxylic acids is 1. The van der Waals surface area contributed by atoms with Crippen molar-refractivity contribution in [2.24, 2.45) is 0 Å². The molecule has 0 bridgehead atoms. The zero-order valence-electron chi connectivity index (χ0n) is 8.18. The lowest BCUT2D eigenvalue weighted by Gasteiger charge is -2.19. The van der Waals surface area contributed by atoms with Gasteiger partial charge in [-0.15, -0.1) is 0 Å². The number of aliphatic hydroxyl groups excluding tert-OH is 1. The van der Waals surface area contributed by atoms with Crippen LogP contribution < -0.4 is 0 Å². The number of alkyl halides is 2. The lowest BCUT2D eigenvalue weighted by molar-refractivity contribution is -0.183. The summed E-state index contributed by atoms with van der Waals surface area (Å²) in [6, 6.07) is 0.0525. The number of carboxylic acid groups (broad SMARTS) is 1. The van der Waals surface area contributed by atoms with Gasteiger partial charge in [-0.25, -0.2) is 9.78 Å². The molecule has 88 valence electrons. The number of hydrogen-bond donors (Lipinski definition) is 2. The Labute approximate surface area is 89.3 Å². The first kappa shape index (κ1) is 11.0. The minimum absolute atomic E-state index is 0.0525. The predicted molar refractivity (Wildman–Crippen MR) is 48.0 cm³/mol. The molecular formula is C9H10F2N2O3. The molecule has 0 aliphatic heterocycles. The molecule has 7 heteroatoms. The third-order valence-electron chi connectivity index (χ3n) is 2.54. The molecule has 1 atom stereocenters. The zero-order valence-corrected chi connectivity index (χ0v) is 8.18. The molecule has 2 N–H and O–H groups in total. The van der Waals surface area contributed by atoms with E-state index >= 15 is 0 Å². The van der Waals surface area contributed by atoms with E-state index in [2.05, 4.69) is 4.98 Å². The maximum Gasteiger partial charge on any atom is 0.377 e. The Kier molecular flexibility index (Phi) is 2.42. The summed E-state index contributed by atoms with van der Waals surface area (Å²) in [7, 11) is 0. The number of nitrogens with zero attached hydrogens (tertiary/aromatic N) is 2. The normalized spacial score (nSPS) is 18.4. The van der Waals surface area contributed by atoms with Crippen LogP contribution in [0, 0.1) is 0 Å². The van der Waals surface area contributed by atoms with Crippen LogP contribution >= 0.6 is 0 Å². The molecule has 0 aromatic carbocycles. The molecule has 1 aromatic heterocycles. The van der Waals surface area contributed by atoms with Crippen molar-refractivity contribution in [1.82, 2.24) is 9.55 Å². The average molecular weight is 232 g/mol. The molecule has 2 rings (SSSR count). The fourth-order valence-electron chi connectivity index (χ4n) is 1.49. The summed E-state index contributed by atoms with van der Waals surface area (Å²) in [5.41, 5.74) is -0.157. The molecule has 1 aromatic rings. The third-order valence-corrected chi connectivity index (χ3v) is 2.54. The topological polar surface area (TPSA) is 75.3 Å². The first-order chi connectivity index (χ1) is 7.44. The molecule has 16 heavy (non-hydrogen) atoms. The van der Waals surface area contributed by atoms with Gasteiger partial charge in [-0.05, 0) is 12.8 Å². The Morgan fingerprint density at radius 1 is 1.62 bits per heavy atom. The molecule has 0 radical (unpaired) electrons. The first-order valence-electron chi connectivity index (χ1n) is 4.75. The highest BCUT2D eigenvalue weighted by atomic mass is 19.3. The van der Waals surface area contributed by atoms with Gasteiger partial charge in [0.1, 0.15) is 0 Å². The van der Waals surface area contributed by atoms with Crippen molar-refractivity contribution < 1.29 is 23.8 Å². The Balaban J connectivity index is 2.29. The van der Waals surface area contributed by atoms with Gasteiger partial charge in [-0.2, -0.15) is 8.78 Å². The van der Waals surface area contributed by atoms with Crippen LogP contribution in [0.5, 0.6) is 0 Å². The fourth-order valence-corrected chi connectivity index (χ4v) is 1.49. The third kappa shape index (κ3) is 1.67. The quantitative estimate of drug-likeness (QED) is 0.811. The van der Waals surface area contributed by atoms with Gasteiger partial charge in [0.2, 0.25) is 0 Å². The highest BCUT2D eigenvalue weighted by Crippen LogP contribution is 2.39. The van der Waals surface area contributed by atoms with Crippen LogP contribution in [0.4, 0.5) is 8.78 Å². The molecule has 5 nitrogen and oxygen atoms in total. The molecular weight excluding hydrogens is 222 g/mol. The summed E-state index contributed by atoms with van der Waals surface area (Å²) in [6.07, 6.45) is 1.69. The average Bonchev–Trinajstić information content (AvgIpc) is 2.95. The molecule has 0 spiro atoms. The molecule has 1 saturated carbocycles. The van der Waals surface area contributed by atoms with Crippen LogP contribution in [0.15, 0.2) is 12.5 Å². The van der Waals surface area contributed by atoms with E-state index in [0.717, 1.165) is 19.0 Å². The Morgan fingerprint density at radius 3 is 2.75 bits per heavy atom. The van der Waals surface area contributed by atoms with Crippen molar-refractivity contribution in [3.8, 4) is 0 Å². The van der Waals surface area contributed by atoms with E-state index in [-0.39, 0.29) is 11.7 Å². The monoisotopic (exact) mass is 232 g/mol. The summed E-state index contributed by atoms with van der Waals surface area (Å²) >= 11 is 0. The van der Waals surface area contributed by atoms with Gasteiger partial charge in [-0.3, -0.25) is 0 Å². The lowest BCUT2D eigenvalue weighted by atomic mass is 10.1. The van der Waals surface area contributed by atoms with Gasteiger partial charge in [0, 0.05) is 6.04 Å². The molecule has 1 fully saturated rings. The van der Waals surface area contributed by atoms with Crippen molar-refractivity contribution in [1.29, 1.82) is 0 Å². The summed E-state index contributed by atoms with van der Waals surface area (Å²) in [4.78, 5) is 14.0. The first-order valence-corrected chi connectivity index (χ1v) is 4.75. The highest BCUT2D eigenvalue weighted by Gasteiger charge is 2.49. The zero-order chi connectivity index (χ0) is 11.9. The van der Waals surface area contributed by atoms with Crippen molar-refractivity contribution in [3.05, 3.63) is 18.2 Å². The van der Waals surface area contributed by atoms with Crippen molar-refractivity contribution in [2.45, 2.75) is 30.9 Å². The molecule has 1 unspecified atom stereocenters. The highest BCUT2D eigenvalue weighted by molar-refractivity contribution is 5.76. The summed E-state index contributed by atoms with van der Waals surface area (Å²) < 4.78 is 27.6. The van der Waals surface area contributed by atoms with E-state index in [4.69, 9.17) is 5.11 Å². The summed E-state index contributed by atoms with van der Waals surface area (Å²) in [5.74, 6) is -6.55. The maximum absolute atomic E-state index is 13.1. The molecule has 1 aliphatic carbocycles. The maximum atomic E-state index is 13.1. The lowest BCUT2D eigenvalue weighted by Crippen LogP contribution is -2.36. The largest absolute Gasteiger partial charge is 0.477 e. The van der Waals surface area contributed by atoms with Crippen molar-refractivity contribution in [3.63, 3.8) is 0 Å². The van der Waals surface area contributed by atoms with Gasteiger partial charge in [-0.1, -0.05) is 0 Å². The fraction of sp³-hybridized carbons (Fsp3) is 0.556. The van der Waals surface area contributed by atoms with Crippen molar-refractivity contribution in [2.75, 3.05) is 0 Å². The van der Waals surface area contributed by atoms with Gasteiger partial charge in [0.15, 0.2) is 6.10 Å². The minimum atomic E-state index is -4.20. The second kappa shape index (κ2) is 3.51. The van der Waals surface area contributed by atoms with E-state index in [0.29, 0.717) is 0 Å². The SMILES string of the molecule is O=C(O)C(F)(F)C(O)c1cncn1C1CC1. The van der Waals surface area contributed by atoms with Crippen molar-refractivity contribution >= 4 is 5.97 Å². The molecule has 1 aliphatic rings. The number of imidazole rings is 1. The molecule has 1 heterocycles. The standard InChI is InChI=1S/C9H10F2N2O3/c10-9(11,8(15)16)7(14)6-3-12-4-13(6)5-1-2-5/h3-5,7,14H,1-2H2,(H,15,16). The van der Waals surface area contributed by atoms with Gasteiger partial charge in [0.05, 0.1) is 18.2 Å². The summed E-state index contributed by atoms with van der Waals surface area (Å²) in [5, 5.41) is 17.7. The number of carboxylic acids is 1. The smallest absolute Gasteiger partial charge is 0.377 e. The Hall–Kier alpha value is -1.50. The second-order valence-corrected chi connectivity index (χ2v) is 3.79. The van der Waals surface area contributed by atoms with E-state index in [1.807, 2.05) is 0 Å². The van der Waals surface area contributed by atoms with E-state index in [9.17, 15) is 18.7 Å². The van der Waals surface area contributed by atoms with Gasteiger partial charge in [0.25, 0.3) is 0 Å². The van der Waals surface area contributed by atoms with Gasteiger partial charge >= 0.3 is 11.9 Å². The van der Waals surface area contributed by atoms with E-state index in [1.54, 1.807) is 0 Å². The van der Waals surface area contributed by atoms with E-state index in [1.165, 1.54) is 10.9 Å². The molecule has 0 saturated heterocycles. The van der Waals surface area contributed by atoms with Crippen LogP contribution in [0.25, 0.3) is 0 Å². The Bertz CT molecular complexity index is 415. The molecule has 0 amide bonds. The predicted octanol–water partition coefficient (Wildman–Crippen LogP) is 0.971. The minimum Gasteiger partial charge on any atom is -0.477 e. The number of hydrogen-bond acceptors (Lipinski definition) is 3. The van der Waals surface area contributed by atoms with E-state index < -0.39 is 18.0 Å². The number of aliphatic hydroxyl groups is 1. The Morgan fingerprint density at radius 2 is 2.25 bits per heavy atom. The number of aromatic nitrogens is 2. The van der Waals surface area contributed by atoms with Crippen LogP contribution in [0.2, 0.25) is 0 Å². The number of carbonyl (C=O) groups is 1. The number of rotatable bonds is 4. The van der Waals surface area contributed by atoms with Crippen LogP contribution in [-0.4, -0.2) is 31.7 Å². The summed E-state index contributed by atoms with van der Waals surface area (Å²) in [6.45, 7) is 0. The van der Waals surface area contributed by atoms with Crippen LogP contribution in [-0.2, 0) is 4.79 Å². The van der Waals surface area contributed by atoms with Gasteiger partial charge < -0.3 is 14.8 Å². The second-order valence-electron chi connectivity index (χ2n) is 3.79. The van der Waals surface area contributed by atoms with Crippen LogP contribution in [0.3, 0.4) is 0 Å².